The van der Waals surface area contributed by atoms with Crippen LogP contribution < -0.4 is 0 Å². The summed E-state index contributed by atoms with van der Waals surface area (Å²) < 4.78 is 7.66. The van der Waals surface area contributed by atoms with Gasteiger partial charge >= 0.3 is 0 Å². The third-order valence-corrected chi connectivity index (χ3v) is 5.57. The summed E-state index contributed by atoms with van der Waals surface area (Å²) in [6.07, 6.45) is 5.19. The minimum absolute atomic E-state index is 0.00799. The van der Waals surface area contributed by atoms with Gasteiger partial charge in [0.05, 0.1) is 6.10 Å². The SMILES string of the molecule is Cn1nccc1C(=O)N1CC[C@H]2C[C@H](C(=O)N3CCCC3)O[C@@H]2C1. The van der Waals surface area contributed by atoms with E-state index in [4.69, 9.17) is 4.74 Å². The first kappa shape index (κ1) is 15.6. The van der Waals surface area contributed by atoms with E-state index in [9.17, 15) is 9.59 Å². The minimum Gasteiger partial charge on any atom is -0.363 e. The van der Waals surface area contributed by atoms with Crippen molar-refractivity contribution in [1.29, 1.82) is 0 Å². The molecule has 24 heavy (non-hydrogen) atoms. The van der Waals surface area contributed by atoms with Crippen molar-refractivity contribution < 1.29 is 14.3 Å². The second-order valence-electron chi connectivity index (χ2n) is 7.07. The molecule has 3 atom stereocenters. The van der Waals surface area contributed by atoms with Crippen LogP contribution in [0.3, 0.4) is 0 Å². The Kier molecular flexibility index (Phi) is 4.04. The Balaban J connectivity index is 1.40. The van der Waals surface area contributed by atoms with Crippen molar-refractivity contribution in [3.8, 4) is 0 Å². The predicted octanol–water partition coefficient (Wildman–Crippen LogP) is 0.662. The van der Waals surface area contributed by atoms with E-state index in [1.165, 1.54) is 0 Å². The van der Waals surface area contributed by atoms with Gasteiger partial charge < -0.3 is 14.5 Å². The van der Waals surface area contributed by atoms with Crippen LogP contribution in [0.1, 0.15) is 36.2 Å². The fraction of sp³-hybridized carbons (Fsp3) is 0.706. The normalized spacial score (nSPS) is 29.8. The number of piperidine rings is 1. The Bertz CT molecular complexity index is 638. The number of fused-ring (bicyclic) bond motifs is 1. The Morgan fingerprint density at radius 3 is 2.71 bits per heavy atom. The van der Waals surface area contributed by atoms with E-state index in [0.717, 1.165) is 45.3 Å². The van der Waals surface area contributed by atoms with Crippen molar-refractivity contribution in [3.63, 3.8) is 0 Å². The van der Waals surface area contributed by atoms with Crippen LogP contribution in [-0.2, 0) is 16.6 Å². The van der Waals surface area contributed by atoms with Crippen molar-refractivity contribution >= 4 is 11.8 Å². The van der Waals surface area contributed by atoms with Gasteiger partial charge in [-0.05, 0) is 37.7 Å². The zero-order valence-electron chi connectivity index (χ0n) is 14.1. The summed E-state index contributed by atoms with van der Waals surface area (Å²) in [7, 11) is 1.77. The number of likely N-dealkylation sites (tertiary alicyclic amines) is 2. The van der Waals surface area contributed by atoms with Gasteiger partial charge in [-0.1, -0.05) is 0 Å². The lowest BCUT2D eigenvalue weighted by Gasteiger charge is -2.34. The number of amides is 2. The van der Waals surface area contributed by atoms with Crippen LogP contribution >= 0.6 is 0 Å². The number of aryl methyl sites for hydroxylation is 1. The largest absolute Gasteiger partial charge is 0.363 e. The number of nitrogens with zero attached hydrogens (tertiary/aromatic N) is 4. The van der Waals surface area contributed by atoms with E-state index >= 15 is 0 Å². The highest BCUT2D eigenvalue weighted by atomic mass is 16.5. The van der Waals surface area contributed by atoms with E-state index < -0.39 is 0 Å². The predicted molar refractivity (Wildman–Crippen MR) is 86.3 cm³/mol. The molecule has 0 bridgehead atoms. The molecule has 3 saturated heterocycles. The summed E-state index contributed by atoms with van der Waals surface area (Å²) >= 11 is 0. The average molecular weight is 332 g/mol. The maximum atomic E-state index is 12.6. The fourth-order valence-corrected chi connectivity index (χ4v) is 4.16. The van der Waals surface area contributed by atoms with Crippen LogP contribution in [0.25, 0.3) is 0 Å². The molecule has 3 aliphatic heterocycles. The number of carbonyl (C=O) groups is 2. The third-order valence-electron chi connectivity index (χ3n) is 5.57. The number of carbonyl (C=O) groups excluding carboxylic acids is 2. The molecule has 0 spiro atoms. The fourth-order valence-electron chi connectivity index (χ4n) is 4.16. The molecule has 3 fully saturated rings. The molecule has 0 saturated carbocycles. The second-order valence-corrected chi connectivity index (χ2v) is 7.07. The summed E-state index contributed by atoms with van der Waals surface area (Å²) in [5.41, 5.74) is 0.594. The van der Waals surface area contributed by atoms with Gasteiger partial charge in [0, 0.05) is 39.4 Å². The van der Waals surface area contributed by atoms with E-state index in [2.05, 4.69) is 5.10 Å². The molecule has 2 amide bonds. The van der Waals surface area contributed by atoms with Crippen LogP contribution in [0.2, 0.25) is 0 Å². The maximum Gasteiger partial charge on any atom is 0.272 e. The molecule has 0 radical (unpaired) electrons. The quantitative estimate of drug-likeness (QED) is 0.798. The molecule has 0 aromatic carbocycles. The number of hydrogen-bond acceptors (Lipinski definition) is 4. The Morgan fingerprint density at radius 2 is 2.00 bits per heavy atom. The molecule has 4 rings (SSSR count). The number of aromatic nitrogens is 2. The first-order chi connectivity index (χ1) is 11.6. The lowest BCUT2D eigenvalue weighted by atomic mass is 9.91. The molecule has 3 aliphatic rings. The summed E-state index contributed by atoms with van der Waals surface area (Å²) in [4.78, 5) is 28.9. The number of rotatable bonds is 2. The number of ether oxygens (including phenoxy) is 1. The topological polar surface area (TPSA) is 67.7 Å². The highest BCUT2D eigenvalue weighted by Crippen LogP contribution is 2.34. The standard InChI is InChI=1S/C17H24N4O3/c1-19-13(4-6-18-19)16(22)21-9-5-12-10-14(24-15(12)11-21)17(23)20-7-2-3-8-20/h4,6,12,14-15H,2-3,5,7-11H2,1H3/t12-,14+,15+/m0/s1. The first-order valence-corrected chi connectivity index (χ1v) is 8.85. The first-order valence-electron chi connectivity index (χ1n) is 8.85. The lowest BCUT2D eigenvalue weighted by Crippen LogP contribution is -2.46. The lowest BCUT2D eigenvalue weighted by molar-refractivity contribution is -0.142. The van der Waals surface area contributed by atoms with Crippen molar-refractivity contribution in [2.75, 3.05) is 26.2 Å². The minimum atomic E-state index is -0.315. The Labute approximate surface area is 141 Å². The van der Waals surface area contributed by atoms with E-state index in [0.29, 0.717) is 18.2 Å². The maximum absolute atomic E-state index is 12.6. The highest BCUT2D eigenvalue weighted by molar-refractivity contribution is 5.92. The van der Waals surface area contributed by atoms with Crippen LogP contribution in [0, 0.1) is 5.92 Å². The van der Waals surface area contributed by atoms with Crippen molar-refractivity contribution in [2.24, 2.45) is 13.0 Å². The van der Waals surface area contributed by atoms with Gasteiger partial charge in [0.1, 0.15) is 11.8 Å². The molecule has 130 valence electrons. The Morgan fingerprint density at radius 1 is 1.21 bits per heavy atom. The van der Waals surface area contributed by atoms with E-state index in [-0.39, 0.29) is 24.0 Å². The van der Waals surface area contributed by atoms with Crippen molar-refractivity contribution in [1.82, 2.24) is 19.6 Å². The van der Waals surface area contributed by atoms with Crippen LogP contribution in [0.4, 0.5) is 0 Å². The summed E-state index contributed by atoms with van der Waals surface area (Å²) in [5.74, 6) is 0.523. The van der Waals surface area contributed by atoms with Gasteiger partial charge in [0.2, 0.25) is 0 Å². The zero-order valence-corrected chi connectivity index (χ0v) is 14.1. The zero-order chi connectivity index (χ0) is 16.7. The summed E-state index contributed by atoms with van der Waals surface area (Å²) in [6.45, 7) is 3.01. The molecular weight excluding hydrogens is 308 g/mol. The van der Waals surface area contributed by atoms with Gasteiger partial charge in [0.25, 0.3) is 11.8 Å². The van der Waals surface area contributed by atoms with Gasteiger partial charge in [0.15, 0.2) is 0 Å². The monoisotopic (exact) mass is 332 g/mol. The van der Waals surface area contributed by atoms with Gasteiger partial charge in [-0.3, -0.25) is 14.3 Å². The van der Waals surface area contributed by atoms with Crippen LogP contribution in [0.5, 0.6) is 0 Å². The number of hydrogen-bond donors (Lipinski definition) is 0. The van der Waals surface area contributed by atoms with Crippen molar-refractivity contribution in [3.05, 3.63) is 18.0 Å². The molecule has 4 heterocycles. The van der Waals surface area contributed by atoms with Crippen molar-refractivity contribution in [2.45, 2.75) is 37.9 Å². The molecule has 0 aliphatic carbocycles. The molecular formula is C17H24N4O3. The van der Waals surface area contributed by atoms with Crippen LogP contribution in [0.15, 0.2) is 12.3 Å². The second kappa shape index (κ2) is 6.20. The van der Waals surface area contributed by atoms with Gasteiger partial charge in [-0.15, -0.1) is 0 Å². The van der Waals surface area contributed by atoms with E-state index in [1.54, 1.807) is 24.0 Å². The molecule has 1 aromatic heterocycles. The summed E-state index contributed by atoms with van der Waals surface area (Å²) in [5, 5.41) is 4.07. The highest BCUT2D eigenvalue weighted by Gasteiger charge is 2.44. The Hall–Kier alpha value is -1.89. The summed E-state index contributed by atoms with van der Waals surface area (Å²) in [6, 6.07) is 1.74. The van der Waals surface area contributed by atoms with E-state index in [1.807, 2.05) is 9.80 Å². The smallest absolute Gasteiger partial charge is 0.272 e. The molecule has 7 heteroatoms. The third kappa shape index (κ3) is 2.70. The van der Waals surface area contributed by atoms with Crippen LogP contribution in [-0.4, -0.2) is 69.8 Å². The van der Waals surface area contributed by atoms with Gasteiger partial charge in [-0.2, -0.15) is 5.10 Å². The molecule has 0 unspecified atom stereocenters. The average Bonchev–Trinajstić information content (AvgIpc) is 3.32. The molecule has 0 N–H and O–H groups in total. The van der Waals surface area contributed by atoms with Gasteiger partial charge in [-0.25, -0.2) is 0 Å². The molecule has 1 aromatic rings. The molecule has 7 nitrogen and oxygen atoms in total.